The van der Waals surface area contributed by atoms with Gasteiger partial charge in [-0.15, -0.1) is 11.3 Å². The SMILES string of the molecule is Cc1nc2cc(N3C4CCC3CC(O)C4)c(N)cc2s1. The summed E-state index contributed by atoms with van der Waals surface area (Å²) in [5.74, 6) is 0. The van der Waals surface area contributed by atoms with E-state index in [-0.39, 0.29) is 6.10 Å². The van der Waals surface area contributed by atoms with E-state index in [1.165, 1.54) is 0 Å². The van der Waals surface area contributed by atoms with Gasteiger partial charge in [-0.3, -0.25) is 0 Å². The van der Waals surface area contributed by atoms with Crippen molar-refractivity contribution in [3.05, 3.63) is 17.1 Å². The van der Waals surface area contributed by atoms with Crippen molar-refractivity contribution < 1.29 is 5.11 Å². The Labute approximate surface area is 122 Å². The summed E-state index contributed by atoms with van der Waals surface area (Å²) in [5.41, 5.74) is 9.29. The fraction of sp³-hybridized carbons (Fsp3) is 0.533. The second-order valence-electron chi connectivity index (χ2n) is 6.03. The zero-order valence-electron chi connectivity index (χ0n) is 11.5. The van der Waals surface area contributed by atoms with Crippen LogP contribution in [0.15, 0.2) is 12.1 Å². The summed E-state index contributed by atoms with van der Waals surface area (Å²) in [6, 6.07) is 5.06. The van der Waals surface area contributed by atoms with Crippen molar-refractivity contribution in [2.75, 3.05) is 10.6 Å². The fourth-order valence-corrected chi connectivity index (χ4v) is 4.72. The molecule has 1 aromatic heterocycles. The minimum Gasteiger partial charge on any atom is -0.397 e. The van der Waals surface area contributed by atoms with Gasteiger partial charge in [-0.25, -0.2) is 4.98 Å². The summed E-state index contributed by atoms with van der Waals surface area (Å²) in [6.07, 6.45) is 3.91. The van der Waals surface area contributed by atoms with Crippen LogP contribution in [0.3, 0.4) is 0 Å². The number of aliphatic hydroxyl groups is 1. The number of piperidine rings is 1. The lowest BCUT2D eigenvalue weighted by molar-refractivity contribution is 0.126. The standard InChI is InChI=1S/C15H19N3OS/c1-8-17-13-7-14(12(16)6-15(13)20-8)18-9-2-3-10(18)5-11(19)4-9/h6-7,9-11,19H,2-5,16H2,1H3. The molecule has 2 atom stereocenters. The molecule has 4 rings (SSSR count). The lowest BCUT2D eigenvalue weighted by Crippen LogP contribution is -2.45. The Morgan fingerprint density at radius 2 is 2.00 bits per heavy atom. The molecule has 5 heteroatoms. The first-order valence-corrected chi connectivity index (χ1v) is 8.06. The number of nitrogens with zero attached hydrogens (tertiary/aromatic N) is 2. The summed E-state index contributed by atoms with van der Waals surface area (Å²) in [7, 11) is 0. The van der Waals surface area contributed by atoms with E-state index in [4.69, 9.17) is 5.73 Å². The van der Waals surface area contributed by atoms with E-state index in [0.717, 1.165) is 52.3 Å². The number of aromatic nitrogens is 1. The summed E-state index contributed by atoms with van der Waals surface area (Å²) in [4.78, 5) is 7.02. The van der Waals surface area contributed by atoms with Crippen LogP contribution in [0.25, 0.3) is 10.2 Å². The number of nitrogens with two attached hydrogens (primary N) is 1. The van der Waals surface area contributed by atoms with Crippen LogP contribution in [-0.2, 0) is 0 Å². The lowest BCUT2D eigenvalue weighted by atomic mass is 9.98. The smallest absolute Gasteiger partial charge is 0.0907 e. The molecule has 2 unspecified atom stereocenters. The highest BCUT2D eigenvalue weighted by Crippen LogP contribution is 2.43. The molecule has 0 aliphatic carbocycles. The third kappa shape index (κ3) is 1.80. The zero-order valence-corrected chi connectivity index (χ0v) is 12.4. The van der Waals surface area contributed by atoms with Gasteiger partial charge in [0.15, 0.2) is 0 Å². The molecule has 3 heterocycles. The molecule has 106 valence electrons. The third-order valence-electron chi connectivity index (χ3n) is 4.63. The van der Waals surface area contributed by atoms with Crippen molar-refractivity contribution in [2.24, 2.45) is 0 Å². The van der Waals surface area contributed by atoms with E-state index in [1.807, 2.05) is 6.92 Å². The van der Waals surface area contributed by atoms with Gasteiger partial charge >= 0.3 is 0 Å². The lowest BCUT2D eigenvalue weighted by Gasteiger charge is -2.39. The quantitative estimate of drug-likeness (QED) is 0.792. The van der Waals surface area contributed by atoms with Crippen LogP contribution in [0, 0.1) is 6.92 Å². The highest BCUT2D eigenvalue weighted by Gasteiger charge is 2.40. The molecule has 2 aromatic rings. The molecule has 2 fully saturated rings. The van der Waals surface area contributed by atoms with E-state index in [0.29, 0.717) is 12.1 Å². The van der Waals surface area contributed by atoms with E-state index < -0.39 is 0 Å². The number of aliphatic hydroxyl groups excluding tert-OH is 1. The zero-order chi connectivity index (χ0) is 13.9. The summed E-state index contributed by atoms with van der Waals surface area (Å²) >= 11 is 1.69. The number of hydrogen-bond acceptors (Lipinski definition) is 5. The number of aryl methyl sites for hydroxylation is 1. The van der Waals surface area contributed by atoms with E-state index in [1.54, 1.807) is 11.3 Å². The number of nitrogen functional groups attached to an aromatic ring is 1. The summed E-state index contributed by atoms with van der Waals surface area (Å²) in [5, 5.41) is 11.0. The predicted octanol–water partition coefficient (Wildman–Crippen LogP) is 2.68. The Morgan fingerprint density at radius 3 is 2.70 bits per heavy atom. The highest BCUT2D eigenvalue weighted by molar-refractivity contribution is 7.18. The normalized spacial score (nSPS) is 29.3. The molecule has 0 amide bonds. The summed E-state index contributed by atoms with van der Waals surface area (Å²) < 4.78 is 1.16. The maximum Gasteiger partial charge on any atom is 0.0907 e. The van der Waals surface area contributed by atoms with Crippen LogP contribution in [-0.4, -0.2) is 28.3 Å². The van der Waals surface area contributed by atoms with E-state index in [2.05, 4.69) is 22.0 Å². The van der Waals surface area contributed by atoms with Crippen molar-refractivity contribution in [3.8, 4) is 0 Å². The Hall–Kier alpha value is -1.33. The molecular formula is C15H19N3OS. The number of hydrogen-bond donors (Lipinski definition) is 2. The second kappa shape index (κ2) is 4.33. The molecule has 2 aliphatic heterocycles. The topological polar surface area (TPSA) is 62.4 Å². The molecular weight excluding hydrogens is 270 g/mol. The maximum atomic E-state index is 9.93. The number of thiazole rings is 1. The number of fused-ring (bicyclic) bond motifs is 3. The monoisotopic (exact) mass is 289 g/mol. The highest BCUT2D eigenvalue weighted by atomic mass is 32.1. The molecule has 3 N–H and O–H groups in total. The Balaban J connectivity index is 1.80. The number of anilines is 2. The van der Waals surface area contributed by atoms with Gasteiger partial charge in [0.05, 0.1) is 32.7 Å². The fourth-order valence-electron chi connectivity index (χ4n) is 3.86. The Bertz CT molecular complexity index is 654. The van der Waals surface area contributed by atoms with Crippen LogP contribution in [0.1, 0.15) is 30.7 Å². The molecule has 2 saturated heterocycles. The van der Waals surface area contributed by atoms with Crippen LogP contribution in [0.5, 0.6) is 0 Å². The van der Waals surface area contributed by atoms with Crippen LogP contribution in [0.2, 0.25) is 0 Å². The number of rotatable bonds is 1. The van der Waals surface area contributed by atoms with Gasteiger partial charge in [0.2, 0.25) is 0 Å². The summed E-state index contributed by atoms with van der Waals surface area (Å²) in [6.45, 7) is 2.03. The van der Waals surface area contributed by atoms with Gasteiger partial charge in [-0.1, -0.05) is 0 Å². The largest absolute Gasteiger partial charge is 0.397 e. The molecule has 20 heavy (non-hydrogen) atoms. The molecule has 0 radical (unpaired) electrons. The minimum atomic E-state index is -0.143. The molecule has 2 aliphatic rings. The Kier molecular flexibility index (Phi) is 2.69. The minimum absolute atomic E-state index is 0.143. The van der Waals surface area contributed by atoms with E-state index in [9.17, 15) is 5.11 Å². The van der Waals surface area contributed by atoms with Crippen LogP contribution >= 0.6 is 11.3 Å². The van der Waals surface area contributed by atoms with Gasteiger partial charge in [0.25, 0.3) is 0 Å². The van der Waals surface area contributed by atoms with Gasteiger partial charge in [0.1, 0.15) is 0 Å². The average Bonchev–Trinajstić information content (AvgIpc) is 2.85. The van der Waals surface area contributed by atoms with Crippen molar-refractivity contribution in [3.63, 3.8) is 0 Å². The first kappa shape index (κ1) is 12.4. The molecule has 0 spiro atoms. The van der Waals surface area contributed by atoms with Gasteiger partial charge < -0.3 is 15.7 Å². The van der Waals surface area contributed by atoms with Crippen molar-refractivity contribution in [2.45, 2.75) is 50.8 Å². The first-order valence-electron chi connectivity index (χ1n) is 7.25. The van der Waals surface area contributed by atoms with Crippen molar-refractivity contribution in [1.82, 2.24) is 4.98 Å². The van der Waals surface area contributed by atoms with Gasteiger partial charge in [0, 0.05) is 12.1 Å². The predicted molar refractivity (Wildman–Crippen MR) is 83.3 cm³/mol. The molecule has 1 aromatic carbocycles. The van der Waals surface area contributed by atoms with Crippen LogP contribution in [0.4, 0.5) is 11.4 Å². The van der Waals surface area contributed by atoms with E-state index >= 15 is 0 Å². The molecule has 0 saturated carbocycles. The molecule has 2 bridgehead atoms. The molecule has 4 nitrogen and oxygen atoms in total. The van der Waals surface area contributed by atoms with Crippen molar-refractivity contribution in [1.29, 1.82) is 0 Å². The van der Waals surface area contributed by atoms with Gasteiger partial charge in [-0.05, 0) is 44.7 Å². The first-order chi connectivity index (χ1) is 9.61. The second-order valence-corrected chi connectivity index (χ2v) is 7.26. The number of benzene rings is 1. The third-order valence-corrected chi connectivity index (χ3v) is 5.56. The Morgan fingerprint density at radius 1 is 1.30 bits per heavy atom. The maximum absolute atomic E-state index is 9.93. The van der Waals surface area contributed by atoms with Crippen molar-refractivity contribution >= 4 is 32.9 Å². The average molecular weight is 289 g/mol. The van der Waals surface area contributed by atoms with Gasteiger partial charge in [-0.2, -0.15) is 0 Å². The van der Waals surface area contributed by atoms with Crippen LogP contribution < -0.4 is 10.6 Å².